The maximum absolute atomic E-state index is 13.0. The van der Waals surface area contributed by atoms with Crippen LogP contribution in [0, 0.1) is 5.82 Å². The highest BCUT2D eigenvalue weighted by Gasteiger charge is 2.11. The maximum Gasteiger partial charge on any atom is 0.138 e. The topological polar surface area (TPSA) is 31.4 Å². The minimum absolute atomic E-state index is 0.241. The van der Waals surface area contributed by atoms with E-state index in [0.717, 1.165) is 22.0 Å². The molecule has 1 heterocycles. The van der Waals surface area contributed by atoms with Crippen molar-refractivity contribution in [2.24, 2.45) is 0 Å². The highest BCUT2D eigenvalue weighted by atomic mass is 35.5. The molecule has 3 nitrogen and oxygen atoms in total. The summed E-state index contributed by atoms with van der Waals surface area (Å²) in [6.07, 6.45) is 0. The fourth-order valence-corrected chi connectivity index (χ4v) is 3.12. The standard InChI is InChI=1S/C17H13ClFNO2S/c1-21-15-5-3-2-4-13(15)17-20-12(10-23-17)9-22-16-7-6-11(19)8-14(16)18/h2-8,10H,9H2,1H3. The van der Waals surface area contributed by atoms with Gasteiger partial charge in [0.15, 0.2) is 0 Å². The molecule has 0 saturated heterocycles. The van der Waals surface area contributed by atoms with Gasteiger partial charge in [0.25, 0.3) is 0 Å². The molecule has 0 aliphatic rings. The minimum atomic E-state index is -0.394. The van der Waals surface area contributed by atoms with Crippen molar-refractivity contribution < 1.29 is 13.9 Å². The van der Waals surface area contributed by atoms with Gasteiger partial charge in [0.2, 0.25) is 0 Å². The third-order valence-corrected chi connectivity index (χ3v) is 4.38. The van der Waals surface area contributed by atoms with Crippen LogP contribution in [0.3, 0.4) is 0 Å². The number of aromatic nitrogens is 1. The van der Waals surface area contributed by atoms with Crippen LogP contribution >= 0.6 is 22.9 Å². The summed E-state index contributed by atoms with van der Waals surface area (Å²) in [5, 5.41) is 3.01. The van der Waals surface area contributed by atoms with E-state index >= 15 is 0 Å². The first-order valence-corrected chi connectivity index (χ1v) is 8.09. The first-order chi connectivity index (χ1) is 11.2. The molecule has 0 unspecified atom stereocenters. The van der Waals surface area contributed by atoms with E-state index in [9.17, 15) is 4.39 Å². The summed E-state index contributed by atoms with van der Waals surface area (Å²) in [6.45, 7) is 0.261. The summed E-state index contributed by atoms with van der Waals surface area (Å²) in [4.78, 5) is 4.55. The molecule has 2 aromatic carbocycles. The Morgan fingerprint density at radius 1 is 1.17 bits per heavy atom. The Labute approximate surface area is 142 Å². The van der Waals surface area contributed by atoms with Crippen molar-refractivity contribution in [3.63, 3.8) is 0 Å². The number of hydrogen-bond donors (Lipinski definition) is 0. The van der Waals surface area contributed by atoms with Crippen LogP contribution in [0.5, 0.6) is 11.5 Å². The highest BCUT2D eigenvalue weighted by Crippen LogP contribution is 2.32. The minimum Gasteiger partial charge on any atom is -0.496 e. The van der Waals surface area contributed by atoms with Crippen LogP contribution in [-0.2, 0) is 6.61 Å². The lowest BCUT2D eigenvalue weighted by atomic mass is 10.2. The third kappa shape index (κ3) is 3.63. The molecular formula is C17H13ClFNO2S. The fourth-order valence-electron chi connectivity index (χ4n) is 2.06. The van der Waals surface area contributed by atoms with E-state index < -0.39 is 5.82 Å². The van der Waals surface area contributed by atoms with E-state index in [-0.39, 0.29) is 11.6 Å². The van der Waals surface area contributed by atoms with E-state index in [2.05, 4.69) is 4.98 Å². The normalized spacial score (nSPS) is 10.6. The molecule has 0 spiro atoms. The lowest BCUT2D eigenvalue weighted by Crippen LogP contribution is -1.96. The number of methoxy groups -OCH3 is 1. The molecule has 0 saturated carbocycles. The van der Waals surface area contributed by atoms with Gasteiger partial charge < -0.3 is 9.47 Å². The van der Waals surface area contributed by atoms with E-state index in [1.165, 1.54) is 29.5 Å². The summed E-state index contributed by atoms with van der Waals surface area (Å²) < 4.78 is 24.0. The number of rotatable bonds is 5. The average Bonchev–Trinajstić information content (AvgIpc) is 3.03. The maximum atomic E-state index is 13.0. The first-order valence-electron chi connectivity index (χ1n) is 6.83. The second-order valence-electron chi connectivity index (χ2n) is 4.71. The summed E-state index contributed by atoms with van der Waals surface area (Å²) in [5.74, 6) is 0.810. The third-order valence-electron chi connectivity index (χ3n) is 3.16. The molecular weight excluding hydrogens is 337 g/mol. The Morgan fingerprint density at radius 3 is 2.78 bits per heavy atom. The molecule has 23 heavy (non-hydrogen) atoms. The van der Waals surface area contributed by atoms with Crippen molar-refractivity contribution in [1.82, 2.24) is 4.98 Å². The van der Waals surface area contributed by atoms with Gasteiger partial charge in [-0.05, 0) is 30.3 Å². The second-order valence-corrected chi connectivity index (χ2v) is 5.97. The van der Waals surface area contributed by atoms with Gasteiger partial charge >= 0.3 is 0 Å². The molecule has 6 heteroatoms. The molecule has 1 aromatic heterocycles. The Morgan fingerprint density at radius 2 is 2.00 bits per heavy atom. The molecule has 0 N–H and O–H groups in total. The van der Waals surface area contributed by atoms with E-state index in [1.54, 1.807) is 7.11 Å². The predicted molar refractivity (Wildman–Crippen MR) is 89.8 cm³/mol. The SMILES string of the molecule is COc1ccccc1-c1nc(COc2ccc(F)cc2Cl)cs1. The van der Waals surface area contributed by atoms with Crippen molar-refractivity contribution in [3.8, 4) is 22.1 Å². The van der Waals surface area contributed by atoms with Gasteiger partial charge in [-0.15, -0.1) is 11.3 Å². The van der Waals surface area contributed by atoms with Gasteiger partial charge in [0, 0.05) is 5.38 Å². The number of hydrogen-bond acceptors (Lipinski definition) is 4. The lowest BCUT2D eigenvalue weighted by Gasteiger charge is -2.06. The van der Waals surface area contributed by atoms with Gasteiger partial charge in [-0.1, -0.05) is 23.7 Å². The summed E-state index contributed by atoms with van der Waals surface area (Å²) in [6, 6.07) is 11.7. The van der Waals surface area contributed by atoms with Crippen LogP contribution in [0.1, 0.15) is 5.69 Å². The van der Waals surface area contributed by atoms with Crippen LogP contribution in [-0.4, -0.2) is 12.1 Å². The molecule has 0 aliphatic carbocycles. The molecule has 0 fully saturated rings. The molecule has 0 radical (unpaired) electrons. The number of thiazole rings is 1. The first kappa shape index (κ1) is 15.8. The van der Waals surface area contributed by atoms with Crippen molar-refractivity contribution >= 4 is 22.9 Å². The number of benzene rings is 2. The number of ether oxygens (including phenoxy) is 2. The van der Waals surface area contributed by atoms with Gasteiger partial charge in [-0.25, -0.2) is 9.37 Å². The molecule has 118 valence electrons. The number of para-hydroxylation sites is 1. The zero-order valence-corrected chi connectivity index (χ0v) is 13.8. The molecule has 3 rings (SSSR count). The number of halogens is 2. The Balaban J connectivity index is 1.75. The van der Waals surface area contributed by atoms with Crippen LogP contribution < -0.4 is 9.47 Å². The van der Waals surface area contributed by atoms with Crippen molar-refractivity contribution in [2.45, 2.75) is 6.61 Å². The zero-order chi connectivity index (χ0) is 16.2. The van der Waals surface area contributed by atoms with Gasteiger partial charge in [-0.3, -0.25) is 0 Å². The van der Waals surface area contributed by atoms with Crippen molar-refractivity contribution in [3.05, 3.63) is 64.4 Å². The van der Waals surface area contributed by atoms with Crippen LogP contribution in [0.15, 0.2) is 47.8 Å². The average molecular weight is 350 g/mol. The van der Waals surface area contributed by atoms with E-state index in [1.807, 2.05) is 29.6 Å². The molecule has 0 atom stereocenters. The predicted octanol–water partition coefficient (Wildman–Crippen LogP) is 5.19. The van der Waals surface area contributed by atoms with Crippen molar-refractivity contribution in [2.75, 3.05) is 7.11 Å². The van der Waals surface area contributed by atoms with E-state index in [4.69, 9.17) is 21.1 Å². The van der Waals surface area contributed by atoms with Gasteiger partial charge in [-0.2, -0.15) is 0 Å². The smallest absolute Gasteiger partial charge is 0.138 e. The molecule has 0 aliphatic heterocycles. The zero-order valence-electron chi connectivity index (χ0n) is 12.3. The Hall–Kier alpha value is -2.11. The number of nitrogens with zero attached hydrogens (tertiary/aromatic N) is 1. The summed E-state index contributed by atoms with van der Waals surface area (Å²) >= 11 is 7.45. The highest BCUT2D eigenvalue weighted by molar-refractivity contribution is 7.13. The molecule has 0 amide bonds. The van der Waals surface area contributed by atoms with Crippen LogP contribution in [0.25, 0.3) is 10.6 Å². The summed E-state index contributed by atoms with van der Waals surface area (Å²) in [5.41, 5.74) is 1.71. The van der Waals surface area contributed by atoms with Crippen LogP contribution in [0.2, 0.25) is 5.02 Å². The van der Waals surface area contributed by atoms with Gasteiger partial charge in [0.1, 0.15) is 28.9 Å². The second kappa shape index (κ2) is 6.98. The van der Waals surface area contributed by atoms with Crippen LogP contribution in [0.4, 0.5) is 4.39 Å². The monoisotopic (exact) mass is 349 g/mol. The van der Waals surface area contributed by atoms with Crippen molar-refractivity contribution in [1.29, 1.82) is 0 Å². The Bertz CT molecular complexity index is 822. The molecule has 3 aromatic rings. The lowest BCUT2D eigenvalue weighted by molar-refractivity contribution is 0.302. The summed E-state index contributed by atoms with van der Waals surface area (Å²) in [7, 11) is 1.63. The molecule has 0 bridgehead atoms. The fraction of sp³-hybridized carbons (Fsp3) is 0.118. The van der Waals surface area contributed by atoms with Gasteiger partial charge in [0.05, 0.1) is 23.4 Å². The largest absolute Gasteiger partial charge is 0.496 e. The van der Waals surface area contributed by atoms with E-state index in [0.29, 0.717) is 5.75 Å². The quantitative estimate of drug-likeness (QED) is 0.635. The Kier molecular flexibility index (Phi) is 4.79.